The minimum Gasteiger partial charge on any atom is -0.461 e. The number of carbonyl (C=O) groups is 1. The van der Waals surface area contributed by atoms with Gasteiger partial charge in [0, 0.05) is 24.2 Å². The number of pyridine rings is 1. The van der Waals surface area contributed by atoms with E-state index in [-0.39, 0.29) is 23.2 Å². The summed E-state index contributed by atoms with van der Waals surface area (Å²) in [5, 5.41) is 9.84. The van der Waals surface area contributed by atoms with Crippen LogP contribution in [-0.2, 0) is 34.2 Å². The van der Waals surface area contributed by atoms with Gasteiger partial charge in [-0.15, -0.1) is 0 Å². The Morgan fingerprint density at radius 2 is 1.89 bits per heavy atom. The van der Waals surface area contributed by atoms with Crippen LogP contribution in [0, 0.1) is 0 Å². The molecule has 0 radical (unpaired) electrons. The Morgan fingerprint density at radius 1 is 1.21 bits per heavy atom. The smallest absolute Gasteiger partial charge is 0.356 e. The van der Waals surface area contributed by atoms with Crippen LogP contribution in [-0.4, -0.2) is 34.6 Å². The SMILES string of the molecule is CCOC(=O)c1cc2c(CO)cn(C)c(=O)c2n1S(=O)(=O)Cc1ccccc1. The molecule has 0 spiro atoms. The van der Waals surface area contributed by atoms with Crippen LogP contribution < -0.4 is 5.56 Å². The van der Waals surface area contributed by atoms with E-state index in [2.05, 4.69) is 0 Å². The minimum atomic E-state index is -4.13. The fourth-order valence-electron chi connectivity index (χ4n) is 3.08. The van der Waals surface area contributed by atoms with Crippen molar-refractivity contribution in [3.05, 3.63) is 69.8 Å². The molecule has 3 aromatic rings. The maximum absolute atomic E-state index is 13.2. The molecule has 1 aromatic carbocycles. The Bertz CT molecular complexity index is 1190. The number of hydrogen-bond donors (Lipinski definition) is 1. The number of carbonyl (C=O) groups excluding carboxylic acids is 1. The standard InChI is InChI=1S/C19H20N2O6S/c1-3-27-19(24)16-9-15-14(11-22)10-20(2)18(23)17(15)21(16)28(25,26)12-13-7-5-4-6-8-13/h4-10,22H,3,11-12H2,1-2H3. The summed E-state index contributed by atoms with van der Waals surface area (Å²) < 4.78 is 33.3. The molecule has 2 aromatic heterocycles. The fraction of sp³-hybridized carbons (Fsp3) is 0.263. The summed E-state index contributed by atoms with van der Waals surface area (Å²) in [6.07, 6.45) is 1.41. The van der Waals surface area contributed by atoms with Crippen molar-refractivity contribution in [3.8, 4) is 0 Å². The van der Waals surface area contributed by atoms with E-state index >= 15 is 0 Å². The summed E-state index contributed by atoms with van der Waals surface area (Å²) in [6, 6.07) is 9.73. The molecule has 0 aliphatic rings. The molecule has 2 heterocycles. The summed E-state index contributed by atoms with van der Waals surface area (Å²) in [5.74, 6) is -1.27. The number of rotatable bonds is 6. The van der Waals surface area contributed by atoms with Gasteiger partial charge in [0.05, 0.1) is 19.0 Å². The Hall–Kier alpha value is -2.91. The van der Waals surface area contributed by atoms with E-state index in [1.807, 2.05) is 0 Å². The average molecular weight is 404 g/mol. The number of esters is 1. The topological polar surface area (TPSA) is 108 Å². The molecule has 8 nitrogen and oxygen atoms in total. The second-order valence-electron chi connectivity index (χ2n) is 6.25. The van der Waals surface area contributed by atoms with Crippen LogP contribution >= 0.6 is 0 Å². The van der Waals surface area contributed by atoms with Crippen LogP contribution in [0.4, 0.5) is 0 Å². The minimum absolute atomic E-state index is 0.0456. The van der Waals surface area contributed by atoms with Gasteiger partial charge in [0.15, 0.2) is 0 Å². The normalized spacial score (nSPS) is 11.7. The molecule has 0 atom stereocenters. The first-order chi connectivity index (χ1) is 13.3. The molecule has 0 bridgehead atoms. The summed E-state index contributed by atoms with van der Waals surface area (Å²) >= 11 is 0. The van der Waals surface area contributed by atoms with Crippen LogP contribution in [0.15, 0.2) is 47.4 Å². The van der Waals surface area contributed by atoms with Crippen molar-refractivity contribution < 1.29 is 23.1 Å². The van der Waals surface area contributed by atoms with Crippen LogP contribution in [0.2, 0.25) is 0 Å². The number of aromatic nitrogens is 2. The molecule has 0 aliphatic heterocycles. The fourth-order valence-corrected chi connectivity index (χ4v) is 4.70. The molecule has 0 unspecified atom stereocenters. The van der Waals surface area contributed by atoms with Gasteiger partial charge >= 0.3 is 5.97 Å². The predicted octanol–water partition coefficient (Wildman–Crippen LogP) is 1.39. The third kappa shape index (κ3) is 3.46. The number of ether oxygens (including phenoxy) is 1. The Labute approximate surface area is 161 Å². The van der Waals surface area contributed by atoms with Crippen molar-refractivity contribution in [1.82, 2.24) is 8.54 Å². The maximum atomic E-state index is 13.2. The third-order valence-electron chi connectivity index (χ3n) is 4.30. The molecule has 0 amide bonds. The van der Waals surface area contributed by atoms with Gasteiger partial charge in [-0.2, -0.15) is 0 Å². The highest BCUT2D eigenvalue weighted by Gasteiger charge is 2.29. The quantitative estimate of drug-likeness (QED) is 0.622. The Kier molecular flexibility index (Phi) is 5.39. The van der Waals surface area contributed by atoms with Crippen molar-refractivity contribution in [2.75, 3.05) is 6.61 Å². The van der Waals surface area contributed by atoms with Gasteiger partial charge in [0.1, 0.15) is 11.2 Å². The highest BCUT2D eigenvalue weighted by Crippen LogP contribution is 2.25. The molecule has 28 heavy (non-hydrogen) atoms. The van der Waals surface area contributed by atoms with Crippen molar-refractivity contribution >= 4 is 26.9 Å². The Balaban J connectivity index is 2.35. The largest absolute Gasteiger partial charge is 0.461 e. The molecular weight excluding hydrogens is 384 g/mol. The van der Waals surface area contributed by atoms with E-state index in [0.29, 0.717) is 11.1 Å². The second-order valence-corrected chi connectivity index (χ2v) is 8.06. The van der Waals surface area contributed by atoms with Crippen LogP contribution in [0.3, 0.4) is 0 Å². The lowest BCUT2D eigenvalue weighted by molar-refractivity contribution is 0.0518. The zero-order valence-electron chi connectivity index (χ0n) is 15.5. The van der Waals surface area contributed by atoms with Gasteiger partial charge in [0.25, 0.3) is 5.56 Å². The highest BCUT2D eigenvalue weighted by molar-refractivity contribution is 7.89. The van der Waals surface area contributed by atoms with Gasteiger partial charge in [-0.25, -0.2) is 17.2 Å². The van der Waals surface area contributed by atoms with Gasteiger partial charge in [-0.1, -0.05) is 30.3 Å². The molecular formula is C19H20N2O6S. The number of aliphatic hydroxyl groups is 1. The summed E-state index contributed by atoms with van der Waals surface area (Å²) in [5.41, 5.74) is -0.219. The van der Waals surface area contributed by atoms with E-state index < -0.39 is 33.9 Å². The monoisotopic (exact) mass is 404 g/mol. The van der Waals surface area contributed by atoms with Gasteiger partial charge in [-0.3, -0.25) is 4.79 Å². The summed E-state index contributed by atoms with van der Waals surface area (Å²) in [7, 11) is -2.68. The van der Waals surface area contributed by atoms with E-state index in [0.717, 1.165) is 3.97 Å². The van der Waals surface area contributed by atoms with E-state index in [1.54, 1.807) is 37.3 Å². The lowest BCUT2D eigenvalue weighted by Crippen LogP contribution is -2.26. The molecule has 9 heteroatoms. The lowest BCUT2D eigenvalue weighted by Gasteiger charge is -2.12. The molecule has 0 saturated heterocycles. The van der Waals surface area contributed by atoms with Crippen LogP contribution in [0.25, 0.3) is 10.9 Å². The van der Waals surface area contributed by atoms with Crippen molar-refractivity contribution in [3.63, 3.8) is 0 Å². The van der Waals surface area contributed by atoms with Gasteiger partial charge in [0.2, 0.25) is 10.0 Å². The number of hydrogen-bond acceptors (Lipinski definition) is 6. The first kappa shape index (κ1) is 19.8. The van der Waals surface area contributed by atoms with Gasteiger partial charge in [-0.05, 0) is 18.6 Å². The van der Waals surface area contributed by atoms with Crippen molar-refractivity contribution in [1.29, 1.82) is 0 Å². The predicted molar refractivity (Wildman–Crippen MR) is 104 cm³/mol. The number of fused-ring (bicyclic) bond motifs is 1. The zero-order valence-corrected chi connectivity index (χ0v) is 16.3. The number of nitrogens with zero attached hydrogens (tertiary/aromatic N) is 2. The molecule has 1 N–H and O–H groups in total. The summed E-state index contributed by atoms with van der Waals surface area (Å²) in [6.45, 7) is 1.22. The van der Waals surface area contributed by atoms with E-state index in [4.69, 9.17) is 4.74 Å². The lowest BCUT2D eigenvalue weighted by atomic mass is 10.2. The first-order valence-electron chi connectivity index (χ1n) is 8.59. The molecule has 0 aliphatic carbocycles. The van der Waals surface area contributed by atoms with Crippen LogP contribution in [0.1, 0.15) is 28.5 Å². The number of aliphatic hydroxyl groups excluding tert-OH is 1. The van der Waals surface area contributed by atoms with Crippen molar-refractivity contribution in [2.24, 2.45) is 7.05 Å². The van der Waals surface area contributed by atoms with Gasteiger partial charge < -0.3 is 14.4 Å². The molecule has 0 saturated carbocycles. The number of benzene rings is 1. The van der Waals surface area contributed by atoms with Crippen LogP contribution in [0.5, 0.6) is 0 Å². The third-order valence-corrected chi connectivity index (χ3v) is 5.94. The second kappa shape index (κ2) is 7.61. The molecule has 3 rings (SSSR count). The molecule has 0 fully saturated rings. The number of aryl methyl sites for hydroxylation is 1. The highest BCUT2D eigenvalue weighted by atomic mass is 32.2. The van der Waals surface area contributed by atoms with E-state index in [1.165, 1.54) is 23.9 Å². The first-order valence-corrected chi connectivity index (χ1v) is 10.2. The Morgan fingerprint density at radius 3 is 2.50 bits per heavy atom. The van der Waals surface area contributed by atoms with Crippen molar-refractivity contribution in [2.45, 2.75) is 19.3 Å². The maximum Gasteiger partial charge on any atom is 0.356 e. The average Bonchev–Trinajstić information content (AvgIpc) is 3.07. The zero-order chi connectivity index (χ0) is 20.5. The van der Waals surface area contributed by atoms with E-state index in [9.17, 15) is 23.1 Å². The summed E-state index contributed by atoms with van der Waals surface area (Å²) in [4.78, 5) is 25.2. The molecule has 148 valence electrons.